The van der Waals surface area contributed by atoms with Gasteiger partial charge in [-0.3, -0.25) is 0 Å². The van der Waals surface area contributed by atoms with E-state index in [1.807, 2.05) is 12.1 Å². The van der Waals surface area contributed by atoms with Crippen molar-refractivity contribution in [1.82, 2.24) is 0 Å². The van der Waals surface area contributed by atoms with Crippen molar-refractivity contribution in [2.45, 2.75) is 19.3 Å². The molecule has 0 radical (unpaired) electrons. The summed E-state index contributed by atoms with van der Waals surface area (Å²) in [5, 5.41) is 3.45. The maximum Gasteiger partial charge on any atom is 0.142 e. The van der Waals surface area contributed by atoms with E-state index < -0.39 is 0 Å². The van der Waals surface area contributed by atoms with Crippen molar-refractivity contribution < 1.29 is 4.74 Å². The molecule has 0 unspecified atom stereocenters. The molecule has 3 heteroatoms. The Morgan fingerprint density at radius 3 is 2.87 bits per heavy atom. The second-order valence-corrected chi connectivity index (χ2v) is 4.94. The van der Waals surface area contributed by atoms with Crippen LogP contribution in [0.3, 0.4) is 0 Å². The number of rotatable bonds is 4. The SMILES string of the molecule is COc1ccc(Br)cc1NCC1CCC1. The average Bonchev–Trinajstić information content (AvgIpc) is 2.16. The minimum Gasteiger partial charge on any atom is -0.495 e. The number of hydrogen-bond donors (Lipinski definition) is 1. The number of benzene rings is 1. The van der Waals surface area contributed by atoms with Crippen molar-refractivity contribution in [2.24, 2.45) is 5.92 Å². The van der Waals surface area contributed by atoms with Gasteiger partial charge in [-0.15, -0.1) is 0 Å². The number of anilines is 1. The fraction of sp³-hybridized carbons (Fsp3) is 0.500. The van der Waals surface area contributed by atoms with Gasteiger partial charge in [-0.2, -0.15) is 0 Å². The zero-order valence-electron chi connectivity index (χ0n) is 8.92. The molecule has 15 heavy (non-hydrogen) atoms. The van der Waals surface area contributed by atoms with Gasteiger partial charge in [0.15, 0.2) is 0 Å². The van der Waals surface area contributed by atoms with Crippen LogP contribution in [0.4, 0.5) is 5.69 Å². The van der Waals surface area contributed by atoms with Gasteiger partial charge < -0.3 is 10.1 Å². The van der Waals surface area contributed by atoms with Crippen molar-refractivity contribution in [3.8, 4) is 5.75 Å². The van der Waals surface area contributed by atoms with Gasteiger partial charge >= 0.3 is 0 Å². The van der Waals surface area contributed by atoms with Gasteiger partial charge in [-0.05, 0) is 37.0 Å². The molecule has 1 saturated carbocycles. The maximum atomic E-state index is 5.30. The van der Waals surface area contributed by atoms with Crippen LogP contribution in [0.15, 0.2) is 22.7 Å². The Bertz CT molecular complexity index is 336. The van der Waals surface area contributed by atoms with Gasteiger partial charge in [0.2, 0.25) is 0 Å². The van der Waals surface area contributed by atoms with Crippen LogP contribution < -0.4 is 10.1 Å². The number of ether oxygens (including phenoxy) is 1. The van der Waals surface area contributed by atoms with Crippen molar-refractivity contribution in [3.05, 3.63) is 22.7 Å². The standard InChI is InChI=1S/C12H16BrNO/c1-15-12-6-5-10(13)7-11(12)14-8-9-3-2-4-9/h5-7,9,14H,2-4,8H2,1H3. The smallest absolute Gasteiger partial charge is 0.142 e. The molecule has 1 aromatic rings. The van der Waals surface area contributed by atoms with Gasteiger partial charge in [0.25, 0.3) is 0 Å². The second-order valence-electron chi connectivity index (χ2n) is 4.02. The van der Waals surface area contributed by atoms with Gasteiger partial charge in [0, 0.05) is 11.0 Å². The van der Waals surface area contributed by atoms with Gasteiger partial charge in [-0.1, -0.05) is 22.4 Å². The molecule has 1 aromatic carbocycles. The number of hydrogen-bond acceptors (Lipinski definition) is 2. The Hall–Kier alpha value is -0.700. The Balaban J connectivity index is 2.00. The van der Waals surface area contributed by atoms with E-state index >= 15 is 0 Å². The Labute approximate surface area is 99.1 Å². The summed E-state index contributed by atoms with van der Waals surface area (Å²) in [7, 11) is 1.71. The first-order chi connectivity index (χ1) is 7.29. The zero-order chi connectivity index (χ0) is 10.7. The topological polar surface area (TPSA) is 21.3 Å². The Kier molecular flexibility index (Phi) is 3.52. The molecule has 0 aromatic heterocycles. The molecule has 1 N–H and O–H groups in total. The predicted molar refractivity (Wildman–Crippen MR) is 66.5 cm³/mol. The number of methoxy groups -OCH3 is 1. The van der Waals surface area contributed by atoms with E-state index in [1.165, 1.54) is 19.3 Å². The molecule has 1 fully saturated rings. The molecule has 0 amide bonds. The highest BCUT2D eigenvalue weighted by Gasteiger charge is 2.17. The van der Waals surface area contributed by atoms with Gasteiger partial charge in [0.1, 0.15) is 5.75 Å². The van der Waals surface area contributed by atoms with E-state index in [1.54, 1.807) is 7.11 Å². The van der Waals surface area contributed by atoms with Crippen LogP contribution in [0.5, 0.6) is 5.75 Å². The monoisotopic (exact) mass is 269 g/mol. The molecule has 0 atom stereocenters. The summed E-state index contributed by atoms with van der Waals surface area (Å²) in [5.74, 6) is 1.77. The molecule has 0 heterocycles. The quantitative estimate of drug-likeness (QED) is 0.901. The molecule has 82 valence electrons. The highest BCUT2D eigenvalue weighted by atomic mass is 79.9. The van der Waals surface area contributed by atoms with E-state index in [0.717, 1.165) is 28.4 Å². The summed E-state index contributed by atoms with van der Waals surface area (Å²) in [6, 6.07) is 6.04. The fourth-order valence-corrected chi connectivity index (χ4v) is 2.13. The molecular weight excluding hydrogens is 254 g/mol. The molecule has 0 bridgehead atoms. The lowest BCUT2D eigenvalue weighted by molar-refractivity contribution is 0.332. The summed E-state index contributed by atoms with van der Waals surface area (Å²) in [6.45, 7) is 1.06. The molecule has 0 saturated heterocycles. The molecule has 2 rings (SSSR count). The summed E-state index contributed by atoms with van der Waals surface area (Å²) in [4.78, 5) is 0. The first-order valence-corrected chi connectivity index (χ1v) is 6.16. The third-order valence-electron chi connectivity index (χ3n) is 2.97. The van der Waals surface area contributed by atoms with Crippen LogP contribution in [-0.2, 0) is 0 Å². The molecular formula is C12H16BrNO. The van der Waals surface area contributed by atoms with Crippen LogP contribution in [0.2, 0.25) is 0 Å². The molecule has 2 nitrogen and oxygen atoms in total. The minimum atomic E-state index is 0.855. The third-order valence-corrected chi connectivity index (χ3v) is 3.46. The maximum absolute atomic E-state index is 5.30. The lowest BCUT2D eigenvalue weighted by Gasteiger charge is -2.26. The normalized spacial score (nSPS) is 15.9. The largest absolute Gasteiger partial charge is 0.495 e. The van der Waals surface area contributed by atoms with Crippen molar-refractivity contribution in [2.75, 3.05) is 19.0 Å². The van der Waals surface area contributed by atoms with Crippen LogP contribution in [0.25, 0.3) is 0 Å². The highest BCUT2D eigenvalue weighted by molar-refractivity contribution is 9.10. The molecule has 0 aliphatic heterocycles. The first kappa shape index (κ1) is 10.8. The predicted octanol–water partition coefficient (Wildman–Crippen LogP) is 3.67. The summed E-state index contributed by atoms with van der Waals surface area (Å²) in [6.07, 6.45) is 4.12. The lowest BCUT2D eigenvalue weighted by Crippen LogP contribution is -2.21. The molecule has 1 aliphatic rings. The Morgan fingerprint density at radius 1 is 1.47 bits per heavy atom. The summed E-state index contributed by atoms with van der Waals surface area (Å²) < 4.78 is 6.38. The van der Waals surface area contributed by atoms with E-state index in [9.17, 15) is 0 Å². The minimum absolute atomic E-state index is 0.855. The summed E-state index contributed by atoms with van der Waals surface area (Å²) in [5.41, 5.74) is 1.08. The van der Waals surface area contributed by atoms with E-state index in [2.05, 4.69) is 27.3 Å². The lowest BCUT2D eigenvalue weighted by atomic mass is 9.85. The van der Waals surface area contributed by atoms with Crippen molar-refractivity contribution >= 4 is 21.6 Å². The first-order valence-electron chi connectivity index (χ1n) is 5.37. The van der Waals surface area contributed by atoms with Gasteiger partial charge in [-0.25, -0.2) is 0 Å². The van der Waals surface area contributed by atoms with E-state index in [0.29, 0.717) is 0 Å². The van der Waals surface area contributed by atoms with Crippen LogP contribution >= 0.6 is 15.9 Å². The Morgan fingerprint density at radius 2 is 2.27 bits per heavy atom. The van der Waals surface area contributed by atoms with Crippen molar-refractivity contribution in [3.63, 3.8) is 0 Å². The van der Waals surface area contributed by atoms with E-state index in [-0.39, 0.29) is 0 Å². The number of halogens is 1. The van der Waals surface area contributed by atoms with Crippen LogP contribution in [0, 0.1) is 5.92 Å². The molecule has 1 aliphatic carbocycles. The second kappa shape index (κ2) is 4.88. The zero-order valence-corrected chi connectivity index (χ0v) is 10.5. The van der Waals surface area contributed by atoms with E-state index in [4.69, 9.17) is 4.74 Å². The third kappa shape index (κ3) is 2.65. The number of nitrogens with one attached hydrogen (secondary N) is 1. The van der Waals surface area contributed by atoms with Crippen molar-refractivity contribution in [1.29, 1.82) is 0 Å². The van der Waals surface area contributed by atoms with Crippen LogP contribution in [-0.4, -0.2) is 13.7 Å². The highest BCUT2D eigenvalue weighted by Crippen LogP contribution is 2.30. The molecule has 0 spiro atoms. The average molecular weight is 270 g/mol. The van der Waals surface area contributed by atoms with Gasteiger partial charge in [0.05, 0.1) is 12.8 Å². The summed E-state index contributed by atoms with van der Waals surface area (Å²) >= 11 is 3.47. The fourth-order valence-electron chi connectivity index (χ4n) is 1.77. The van der Waals surface area contributed by atoms with Crippen LogP contribution in [0.1, 0.15) is 19.3 Å².